The van der Waals surface area contributed by atoms with Gasteiger partial charge >= 0.3 is 0 Å². The van der Waals surface area contributed by atoms with Gasteiger partial charge in [0.15, 0.2) is 0 Å². The SMILES string of the molecule is CCC1COCCN1C1CCCCCCC1O. The van der Waals surface area contributed by atoms with Gasteiger partial charge in [-0.25, -0.2) is 0 Å². The first-order valence-electron chi connectivity index (χ1n) is 7.34. The highest BCUT2D eigenvalue weighted by Crippen LogP contribution is 2.25. The first-order chi connectivity index (χ1) is 8.33. The second kappa shape index (κ2) is 6.72. The quantitative estimate of drug-likeness (QED) is 0.804. The summed E-state index contributed by atoms with van der Waals surface area (Å²) in [5.74, 6) is 0. The summed E-state index contributed by atoms with van der Waals surface area (Å²) in [6, 6.07) is 0.895. The minimum Gasteiger partial charge on any atom is -0.391 e. The van der Waals surface area contributed by atoms with Crippen LogP contribution in [0.3, 0.4) is 0 Å². The van der Waals surface area contributed by atoms with E-state index in [2.05, 4.69) is 11.8 Å². The molecule has 3 unspecified atom stereocenters. The summed E-state index contributed by atoms with van der Waals surface area (Å²) < 4.78 is 5.56. The number of nitrogens with zero attached hydrogens (tertiary/aromatic N) is 1. The van der Waals surface area contributed by atoms with Crippen LogP contribution in [0.25, 0.3) is 0 Å². The third kappa shape index (κ3) is 3.43. The molecule has 1 saturated heterocycles. The number of rotatable bonds is 2. The summed E-state index contributed by atoms with van der Waals surface area (Å²) in [5.41, 5.74) is 0. The first-order valence-corrected chi connectivity index (χ1v) is 7.34. The van der Waals surface area contributed by atoms with Crippen LogP contribution in [0.5, 0.6) is 0 Å². The Kier molecular flexibility index (Phi) is 5.26. The molecule has 2 aliphatic rings. The van der Waals surface area contributed by atoms with Crippen molar-refractivity contribution in [3.05, 3.63) is 0 Å². The second-order valence-corrected chi connectivity index (χ2v) is 5.50. The Balaban J connectivity index is 2.00. The first kappa shape index (κ1) is 13.3. The smallest absolute Gasteiger partial charge is 0.0695 e. The molecular weight excluding hydrogens is 214 g/mol. The van der Waals surface area contributed by atoms with E-state index in [1.807, 2.05) is 0 Å². The zero-order valence-electron chi connectivity index (χ0n) is 11.1. The Hall–Kier alpha value is -0.120. The number of ether oxygens (including phenoxy) is 1. The van der Waals surface area contributed by atoms with E-state index in [9.17, 15) is 5.11 Å². The number of hydrogen-bond donors (Lipinski definition) is 1. The molecule has 1 saturated carbocycles. The van der Waals surface area contributed by atoms with Gasteiger partial charge in [0.1, 0.15) is 0 Å². The molecule has 1 heterocycles. The van der Waals surface area contributed by atoms with Crippen LogP contribution < -0.4 is 0 Å². The zero-order valence-corrected chi connectivity index (χ0v) is 11.1. The lowest BCUT2D eigenvalue weighted by Gasteiger charge is -2.43. The highest BCUT2D eigenvalue weighted by molar-refractivity contribution is 4.86. The van der Waals surface area contributed by atoms with Crippen LogP contribution in [0.1, 0.15) is 51.9 Å². The maximum Gasteiger partial charge on any atom is 0.0695 e. The Morgan fingerprint density at radius 3 is 2.71 bits per heavy atom. The van der Waals surface area contributed by atoms with Gasteiger partial charge in [-0.15, -0.1) is 0 Å². The zero-order chi connectivity index (χ0) is 12.1. The van der Waals surface area contributed by atoms with Crippen LogP contribution in [0.15, 0.2) is 0 Å². The molecule has 17 heavy (non-hydrogen) atoms. The van der Waals surface area contributed by atoms with Crippen LogP contribution in [0, 0.1) is 0 Å². The van der Waals surface area contributed by atoms with Crippen molar-refractivity contribution in [2.45, 2.75) is 70.1 Å². The van der Waals surface area contributed by atoms with E-state index in [1.54, 1.807) is 0 Å². The van der Waals surface area contributed by atoms with E-state index in [0.717, 1.165) is 39.0 Å². The number of hydrogen-bond acceptors (Lipinski definition) is 3. The molecule has 1 aliphatic heterocycles. The molecule has 1 aliphatic carbocycles. The molecule has 3 nitrogen and oxygen atoms in total. The van der Waals surface area contributed by atoms with Gasteiger partial charge in [-0.1, -0.05) is 32.6 Å². The maximum absolute atomic E-state index is 10.4. The van der Waals surface area contributed by atoms with E-state index in [4.69, 9.17) is 4.74 Å². The lowest BCUT2D eigenvalue weighted by atomic mass is 9.91. The standard InChI is InChI=1S/C14H27NO2/c1-2-12-11-17-10-9-15(12)13-7-5-3-4-6-8-14(13)16/h12-14,16H,2-11H2,1H3. The molecule has 3 atom stereocenters. The molecule has 2 rings (SSSR count). The van der Waals surface area contributed by atoms with E-state index >= 15 is 0 Å². The van der Waals surface area contributed by atoms with Crippen LogP contribution >= 0.6 is 0 Å². The van der Waals surface area contributed by atoms with Crippen LogP contribution in [0.4, 0.5) is 0 Å². The minimum absolute atomic E-state index is 0.123. The van der Waals surface area contributed by atoms with Gasteiger partial charge in [-0.3, -0.25) is 4.90 Å². The molecular formula is C14H27NO2. The number of morpholine rings is 1. The number of aliphatic hydroxyl groups excluding tert-OH is 1. The van der Waals surface area contributed by atoms with Crippen molar-refractivity contribution in [1.29, 1.82) is 0 Å². The van der Waals surface area contributed by atoms with Gasteiger partial charge in [0.2, 0.25) is 0 Å². The molecule has 1 N–H and O–H groups in total. The van der Waals surface area contributed by atoms with Gasteiger partial charge in [0, 0.05) is 18.6 Å². The lowest BCUT2D eigenvalue weighted by Crippen LogP contribution is -2.54. The van der Waals surface area contributed by atoms with Crippen molar-refractivity contribution in [3.8, 4) is 0 Å². The summed E-state index contributed by atoms with van der Waals surface area (Å²) in [6.07, 6.45) is 8.25. The van der Waals surface area contributed by atoms with Crippen molar-refractivity contribution >= 4 is 0 Å². The molecule has 0 aromatic heterocycles. The lowest BCUT2D eigenvalue weighted by molar-refractivity contribution is -0.0659. The normalized spacial score (nSPS) is 37.4. The summed E-state index contributed by atoms with van der Waals surface area (Å²) in [4.78, 5) is 2.53. The highest BCUT2D eigenvalue weighted by Gasteiger charge is 2.32. The maximum atomic E-state index is 10.4. The van der Waals surface area contributed by atoms with Gasteiger partial charge in [0.05, 0.1) is 19.3 Å². The fraction of sp³-hybridized carbons (Fsp3) is 1.00. The van der Waals surface area contributed by atoms with E-state index in [-0.39, 0.29) is 6.10 Å². The van der Waals surface area contributed by atoms with E-state index in [1.165, 1.54) is 25.7 Å². The predicted octanol–water partition coefficient (Wildman–Crippen LogP) is 2.18. The highest BCUT2D eigenvalue weighted by atomic mass is 16.5. The van der Waals surface area contributed by atoms with E-state index < -0.39 is 0 Å². The fourth-order valence-electron chi connectivity index (χ4n) is 3.29. The summed E-state index contributed by atoms with van der Waals surface area (Å²) in [7, 11) is 0. The average Bonchev–Trinajstić information content (AvgIpc) is 2.35. The predicted molar refractivity (Wildman–Crippen MR) is 69.1 cm³/mol. The van der Waals surface area contributed by atoms with Crippen LogP contribution in [-0.2, 0) is 4.74 Å². The molecule has 0 spiro atoms. The molecule has 0 bridgehead atoms. The molecule has 0 radical (unpaired) electrons. The summed E-state index contributed by atoms with van der Waals surface area (Å²) in [6.45, 7) is 4.90. The van der Waals surface area contributed by atoms with Crippen molar-refractivity contribution < 1.29 is 9.84 Å². The summed E-state index contributed by atoms with van der Waals surface area (Å²) in [5, 5.41) is 10.4. The summed E-state index contributed by atoms with van der Waals surface area (Å²) >= 11 is 0. The van der Waals surface area contributed by atoms with Gasteiger partial charge in [-0.2, -0.15) is 0 Å². The molecule has 0 amide bonds. The fourth-order valence-corrected chi connectivity index (χ4v) is 3.29. The molecule has 3 heteroatoms. The van der Waals surface area contributed by atoms with Gasteiger partial charge in [0.25, 0.3) is 0 Å². The largest absolute Gasteiger partial charge is 0.391 e. The molecule has 0 aromatic carbocycles. The third-order valence-corrected chi connectivity index (χ3v) is 4.36. The van der Waals surface area contributed by atoms with Crippen molar-refractivity contribution in [1.82, 2.24) is 4.90 Å². The Bertz CT molecular complexity index is 222. The Morgan fingerprint density at radius 1 is 1.18 bits per heavy atom. The van der Waals surface area contributed by atoms with Gasteiger partial charge in [-0.05, 0) is 19.3 Å². The molecule has 100 valence electrons. The van der Waals surface area contributed by atoms with E-state index in [0.29, 0.717) is 12.1 Å². The van der Waals surface area contributed by atoms with Gasteiger partial charge < -0.3 is 9.84 Å². The molecule has 0 aromatic rings. The molecule has 2 fully saturated rings. The van der Waals surface area contributed by atoms with Crippen LogP contribution in [0.2, 0.25) is 0 Å². The Labute approximate surface area is 105 Å². The average molecular weight is 241 g/mol. The Morgan fingerprint density at radius 2 is 1.94 bits per heavy atom. The monoisotopic (exact) mass is 241 g/mol. The number of aliphatic hydroxyl groups is 1. The minimum atomic E-state index is -0.123. The topological polar surface area (TPSA) is 32.7 Å². The van der Waals surface area contributed by atoms with Crippen molar-refractivity contribution in [3.63, 3.8) is 0 Å². The van der Waals surface area contributed by atoms with Crippen molar-refractivity contribution in [2.24, 2.45) is 0 Å². The van der Waals surface area contributed by atoms with Crippen molar-refractivity contribution in [2.75, 3.05) is 19.8 Å². The van der Waals surface area contributed by atoms with Crippen LogP contribution in [-0.4, -0.2) is 48.0 Å². The third-order valence-electron chi connectivity index (χ3n) is 4.36. The second-order valence-electron chi connectivity index (χ2n) is 5.50.